The van der Waals surface area contributed by atoms with E-state index in [-0.39, 0.29) is 5.78 Å². The van der Waals surface area contributed by atoms with E-state index in [0.29, 0.717) is 16.7 Å². The second-order valence-corrected chi connectivity index (χ2v) is 4.65. The Labute approximate surface area is 110 Å². The van der Waals surface area contributed by atoms with Gasteiger partial charge >= 0.3 is 0 Å². The molecule has 19 heavy (non-hydrogen) atoms. The molecule has 1 aromatic carbocycles. The maximum absolute atomic E-state index is 12.3. The molecule has 2 aromatic rings. The van der Waals surface area contributed by atoms with E-state index in [4.69, 9.17) is 0 Å². The minimum absolute atomic E-state index is 0.257. The summed E-state index contributed by atoms with van der Waals surface area (Å²) in [5.41, 5.74) is 1.57. The summed E-state index contributed by atoms with van der Waals surface area (Å²) in [6.45, 7) is 0. The molecule has 3 unspecified atom stereocenters. The van der Waals surface area contributed by atoms with Crippen LogP contribution in [0.25, 0.3) is 0 Å². The second-order valence-electron chi connectivity index (χ2n) is 4.65. The molecule has 4 heteroatoms. The van der Waals surface area contributed by atoms with Crippen LogP contribution in [0.5, 0.6) is 0 Å². The number of hydrogen-bond donors (Lipinski definition) is 2. The molecular weight excluding hydrogens is 242 g/mol. The highest BCUT2D eigenvalue weighted by Gasteiger charge is 2.43. The molecule has 0 saturated heterocycles. The third-order valence-corrected chi connectivity index (χ3v) is 3.56. The van der Waals surface area contributed by atoms with E-state index in [9.17, 15) is 15.0 Å². The Morgan fingerprint density at radius 3 is 2.58 bits per heavy atom. The van der Waals surface area contributed by atoms with E-state index < -0.39 is 18.1 Å². The number of ketones is 1. The van der Waals surface area contributed by atoms with Crippen molar-refractivity contribution in [3.63, 3.8) is 0 Å². The van der Waals surface area contributed by atoms with Crippen LogP contribution in [0.1, 0.15) is 33.7 Å². The van der Waals surface area contributed by atoms with E-state index >= 15 is 0 Å². The fourth-order valence-electron chi connectivity index (χ4n) is 2.56. The predicted molar refractivity (Wildman–Crippen MR) is 68.4 cm³/mol. The summed E-state index contributed by atoms with van der Waals surface area (Å²) < 4.78 is 0. The lowest BCUT2D eigenvalue weighted by molar-refractivity contribution is 0.0225. The van der Waals surface area contributed by atoms with Crippen LogP contribution in [0.3, 0.4) is 0 Å². The Morgan fingerprint density at radius 2 is 1.89 bits per heavy atom. The van der Waals surface area contributed by atoms with Crippen molar-refractivity contribution in [1.29, 1.82) is 0 Å². The highest BCUT2D eigenvalue weighted by Crippen LogP contribution is 2.42. The zero-order valence-corrected chi connectivity index (χ0v) is 10.1. The number of benzene rings is 1. The van der Waals surface area contributed by atoms with Gasteiger partial charge in [-0.3, -0.25) is 9.78 Å². The molecule has 4 nitrogen and oxygen atoms in total. The first kappa shape index (κ1) is 12.0. The first-order chi connectivity index (χ1) is 9.20. The Hall–Kier alpha value is -2.04. The Bertz CT molecular complexity index is 612. The SMILES string of the molecule is O=C1c2cnccc2C(O)C1C(O)c1ccccc1. The second kappa shape index (κ2) is 4.57. The first-order valence-corrected chi connectivity index (χ1v) is 6.09. The number of fused-ring (bicyclic) bond motifs is 1. The minimum atomic E-state index is -1.02. The zero-order valence-electron chi connectivity index (χ0n) is 10.1. The van der Waals surface area contributed by atoms with E-state index in [1.807, 2.05) is 6.07 Å². The largest absolute Gasteiger partial charge is 0.388 e. The molecule has 0 amide bonds. The fourth-order valence-corrected chi connectivity index (χ4v) is 2.56. The quantitative estimate of drug-likeness (QED) is 0.856. The lowest BCUT2D eigenvalue weighted by Gasteiger charge is -2.20. The molecule has 1 aliphatic carbocycles. The van der Waals surface area contributed by atoms with Gasteiger partial charge in [0.1, 0.15) is 0 Å². The lowest BCUT2D eigenvalue weighted by atomic mass is 9.91. The van der Waals surface area contributed by atoms with Crippen LogP contribution in [0.4, 0.5) is 0 Å². The molecule has 96 valence electrons. The smallest absolute Gasteiger partial charge is 0.173 e. The van der Waals surface area contributed by atoms with Gasteiger partial charge in [0.25, 0.3) is 0 Å². The molecule has 0 bridgehead atoms. The van der Waals surface area contributed by atoms with Crippen LogP contribution < -0.4 is 0 Å². The molecule has 1 aliphatic rings. The monoisotopic (exact) mass is 255 g/mol. The van der Waals surface area contributed by atoms with Crippen molar-refractivity contribution in [3.05, 3.63) is 65.5 Å². The molecular formula is C15H13NO3. The maximum Gasteiger partial charge on any atom is 0.173 e. The third kappa shape index (κ3) is 1.85. The summed E-state index contributed by atoms with van der Waals surface area (Å²) in [6.07, 6.45) is 0.974. The minimum Gasteiger partial charge on any atom is -0.388 e. The predicted octanol–water partition coefficient (Wildman–Crippen LogP) is 1.66. The molecule has 0 spiro atoms. The topological polar surface area (TPSA) is 70.4 Å². The normalized spacial score (nSPS) is 23.2. The van der Waals surface area contributed by atoms with Gasteiger partial charge in [-0.15, -0.1) is 0 Å². The van der Waals surface area contributed by atoms with E-state index in [0.717, 1.165) is 0 Å². The first-order valence-electron chi connectivity index (χ1n) is 6.09. The van der Waals surface area contributed by atoms with Crippen molar-refractivity contribution in [3.8, 4) is 0 Å². The van der Waals surface area contributed by atoms with E-state index in [1.54, 1.807) is 30.3 Å². The summed E-state index contributed by atoms with van der Waals surface area (Å²) >= 11 is 0. The molecule has 3 atom stereocenters. The van der Waals surface area contributed by atoms with Crippen molar-refractivity contribution >= 4 is 5.78 Å². The van der Waals surface area contributed by atoms with Crippen LogP contribution in [0.15, 0.2) is 48.8 Å². The number of aliphatic hydroxyl groups is 2. The molecule has 0 fully saturated rings. The van der Waals surface area contributed by atoms with Gasteiger partial charge in [-0.1, -0.05) is 30.3 Å². The Morgan fingerprint density at radius 1 is 1.16 bits per heavy atom. The number of Topliss-reactive ketones (excluding diaryl/α,β-unsaturated/α-hetero) is 1. The number of aromatic nitrogens is 1. The average Bonchev–Trinajstić information content (AvgIpc) is 2.72. The van der Waals surface area contributed by atoms with Crippen LogP contribution in [0, 0.1) is 5.92 Å². The van der Waals surface area contributed by atoms with Crippen molar-refractivity contribution in [2.45, 2.75) is 12.2 Å². The molecule has 0 saturated carbocycles. The zero-order chi connectivity index (χ0) is 13.4. The number of pyridine rings is 1. The average molecular weight is 255 g/mol. The number of hydrogen-bond acceptors (Lipinski definition) is 4. The van der Waals surface area contributed by atoms with Crippen LogP contribution in [0.2, 0.25) is 0 Å². The van der Waals surface area contributed by atoms with Crippen molar-refractivity contribution in [1.82, 2.24) is 4.98 Å². The summed E-state index contributed by atoms with van der Waals surface area (Å²) in [5.74, 6) is -1.12. The van der Waals surface area contributed by atoms with Gasteiger partial charge in [-0.2, -0.15) is 0 Å². The number of nitrogens with zero attached hydrogens (tertiary/aromatic N) is 1. The van der Waals surface area contributed by atoms with Crippen molar-refractivity contribution < 1.29 is 15.0 Å². The number of rotatable bonds is 2. The molecule has 0 aliphatic heterocycles. The summed E-state index contributed by atoms with van der Waals surface area (Å²) in [5, 5.41) is 20.6. The van der Waals surface area contributed by atoms with E-state index in [2.05, 4.69) is 4.98 Å². The summed E-state index contributed by atoms with van der Waals surface area (Å²) in [7, 11) is 0. The lowest BCUT2D eigenvalue weighted by Crippen LogP contribution is -2.22. The van der Waals surface area contributed by atoms with Gasteiger partial charge in [0, 0.05) is 18.0 Å². The number of carbonyl (C=O) groups is 1. The number of carbonyl (C=O) groups excluding carboxylic acids is 1. The number of aliphatic hydroxyl groups excluding tert-OH is 2. The van der Waals surface area contributed by atoms with Crippen molar-refractivity contribution in [2.75, 3.05) is 0 Å². The molecule has 1 heterocycles. The Balaban J connectivity index is 1.98. The molecule has 0 radical (unpaired) electrons. The molecule has 3 rings (SSSR count). The highest BCUT2D eigenvalue weighted by atomic mass is 16.3. The van der Waals surface area contributed by atoms with Crippen LogP contribution >= 0.6 is 0 Å². The fraction of sp³-hybridized carbons (Fsp3) is 0.200. The third-order valence-electron chi connectivity index (χ3n) is 3.56. The Kier molecular flexibility index (Phi) is 2.89. The van der Waals surface area contributed by atoms with Crippen LogP contribution in [-0.4, -0.2) is 21.0 Å². The highest BCUT2D eigenvalue weighted by molar-refractivity contribution is 6.03. The van der Waals surface area contributed by atoms with Crippen LogP contribution in [-0.2, 0) is 0 Å². The van der Waals surface area contributed by atoms with Crippen molar-refractivity contribution in [2.24, 2.45) is 5.92 Å². The van der Waals surface area contributed by atoms with Gasteiger partial charge in [0.15, 0.2) is 5.78 Å². The van der Waals surface area contributed by atoms with E-state index in [1.165, 1.54) is 12.4 Å². The van der Waals surface area contributed by atoms with Gasteiger partial charge in [-0.05, 0) is 17.2 Å². The maximum atomic E-state index is 12.3. The van der Waals surface area contributed by atoms with Gasteiger partial charge < -0.3 is 10.2 Å². The standard InChI is InChI=1S/C15H13NO3/c17-13(9-4-2-1-3-5-9)12-14(18)10-6-7-16-8-11(10)15(12)19/h1-8,12-14,17-18H. The molecule has 1 aromatic heterocycles. The van der Waals surface area contributed by atoms with Gasteiger partial charge in [-0.25, -0.2) is 0 Å². The summed E-state index contributed by atoms with van der Waals surface area (Å²) in [4.78, 5) is 16.2. The summed E-state index contributed by atoms with van der Waals surface area (Å²) in [6, 6.07) is 10.5. The van der Waals surface area contributed by atoms with Gasteiger partial charge in [0.2, 0.25) is 0 Å². The molecule has 2 N–H and O–H groups in total. The van der Waals surface area contributed by atoms with Gasteiger partial charge in [0.05, 0.1) is 18.1 Å².